The smallest absolute Gasteiger partial charge is 0.258 e. The highest BCUT2D eigenvalue weighted by Crippen LogP contribution is 2.12. The molecular formula is C13H12N2O2. The van der Waals surface area contributed by atoms with Crippen molar-refractivity contribution in [2.75, 3.05) is 13.2 Å². The van der Waals surface area contributed by atoms with Crippen molar-refractivity contribution in [3.63, 3.8) is 0 Å². The molecule has 0 unspecified atom stereocenters. The summed E-state index contributed by atoms with van der Waals surface area (Å²) in [4.78, 5) is 11.2. The molecule has 1 N–H and O–H groups in total. The van der Waals surface area contributed by atoms with Crippen molar-refractivity contribution in [1.29, 1.82) is 5.26 Å². The minimum Gasteiger partial charge on any atom is -0.484 e. The molecule has 0 aliphatic heterocycles. The maximum absolute atomic E-state index is 11.2. The van der Waals surface area contributed by atoms with Crippen molar-refractivity contribution in [3.05, 3.63) is 29.8 Å². The van der Waals surface area contributed by atoms with Crippen LogP contribution >= 0.6 is 0 Å². The van der Waals surface area contributed by atoms with Gasteiger partial charge in [0, 0.05) is 0 Å². The van der Waals surface area contributed by atoms with E-state index in [-0.39, 0.29) is 19.1 Å². The van der Waals surface area contributed by atoms with E-state index < -0.39 is 0 Å². The molecule has 0 fully saturated rings. The zero-order chi connectivity index (χ0) is 12.5. The van der Waals surface area contributed by atoms with Gasteiger partial charge in [-0.15, -0.1) is 6.42 Å². The van der Waals surface area contributed by atoms with Crippen molar-refractivity contribution in [2.45, 2.75) is 6.42 Å². The van der Waals surface area contributed by atoms with E-state index >= 15 is 0 Å². The van der Waals surface area contributed by atoms with E-state index in [9.17, 15) is 4.79 Å². The molecule has 0 bridgehead atoms. The van der Waals surface area contributed by atoms with Gasteiger partial charge < -0.3 is 10.1 Å². The van der Waals surface area contributed by atoms with Gasteiger partial charge in [0.2, 0.25) is 0 Å². The van der Waals surface area contributed by atoms with Crippen LogP contribution in [-0.2, 0) is 11.2 Å². The van der Waals surface area contributed by atoms with Crippen LogP contribution in [0.2, 0.25) is 0 Å². The number of terminal acetylenes is 1. The number of hydrogen-bond donors (Lipinski definition) is 1. The molecule has 1 rings (SSSR count). The Morgan fingerprint density at radius 3 is 2.71 bits per heavy atom. The summed E-state index contributed by atoms with van der Waals surface area (Å²) in [7, 11) is 0. The number of nitrogens with zero attached hydrogens (tertiary/aromatic N) is 1. The summed E-state index contributed by atoms with van der Waals surface area (Å²) in [6, 6.07) is 9.08. The number of amides is 1. The quantitative estimate of drug-likeness (QED) is 0.761. The van der Waals surface area contributed by atoms with E-state index in [0.29, 0.717) is 12.2 Å². The van der Waals surface area contributed by atoms with Gasteiger partial charge >= 0.3 is 0 Å². The highest BCUT2D eigenvalue weighted by Gasteiger charge is 2.01. The first-order valence-electron chi connectivity index (χ1n) is 5.05. The lowest BCUT2D eigenvalue weighted by molar-refractivity contribution is -0.122. The summed E-state index contributed by atoms with van der Waals surface area (Å²) >= 11 is 0. The average molecular weight is 228 g/mol. The van der Waals surface area contributed by atoms with Crippen LogP contribution in [0.3, 0.4) is 0 Å². The van der Waals surface area contributed by atoms with Gasteiger partial charge in [-0.3, -0.25) is 4.79 Å². The highest BCUT2D eigenvalue weighted by molar-refractivity contribution is 5.77. The number of carbonyl (C=O) groups is 1. The third-order valence-electron chi connectivity index (χ3n) is 1.96. The van der Waals surface area contributed by atoms with E-state index in [0.717, 1.165) is 5.56 Å². The Labute approximate surface area is 100 Å². The Bertz CT molecular complexity index is 452. The second-order valence-electron chi connectivity index (χ2n) is 3.25. The van der Waals surface area contributed by atoms with Gasteiger partial charge in [0.25, 0.3) is 5.91 Å². The molecule has 1 amide bonds. The molecule has 1 aromatic rings. The Morgan fingerprint density at radius 1 is 1.41 bits per heavy atom. The van der Waals surface area contributed by atoms with Crippen LogP contribution in [-0.4, -0.2) is 19.1 Å². The maximum Gasteiger partial charge on any atom is 0.258 e. The molecule has 0 aromatic heterocycles. The molecule has 4 nitrogen and oxygen atoms in total. The lowest BCUT2D eigenvalue weighted by Gasteiger charge is -2.06. The Hall–Kier alpha value is -2.46. The lowest BCUT2D eigenvalue weighted by atomic mass is 10.2. The molecule has 0 aliphatic carbocycles. The first kappa shape index (κ1) is 12.6. The summed E-state index contributed by atoms with van der Waals surface area (Å²) in [5.41, 5.74) is 0.914. The fourth-order valence-corrected chi connectivity index (χ4v) is 1.14. The molecular weight excluding hydrogens is 216 g/mol. The van der Waals surface area contributed by atoms with E-state index in [1.165, 1.54) is 0 Å². The van der Waals surface area contributed by atoms with Gasteiger partial charge in [0.1, 0.15) is 5.75 Å². The molecule has 86 valence electrons. The van der Waals surface area contributed by atoms with E-state index in [1.54, 1.807) is 24.3 Å². The largest absolute Gasteiger partial charge is 0.484 e. The normalized spacial score (nSPS) is 8.82. The SMILES string of the molecule is C#CCNC(=O)COc1ccc(CC#N)cc1. The highest BCUT2D eigenvalue weighted by atomic mass is 16.5. The number of nitriles is 1. The van der Waals surface area contributed by atoms with Gasteiger partial charge in [-0.05, 0) is 17.7 Å². The minimum absolute atomic E-state index is 0.0702. The molecule has 0 radical (unpaired) electrons. The maximum atomic E-state index is 11.2. The van der Waals surface area contributed by atoms with Gasteiger partial charge in [-0.25, -0.2) is 0 Å². The molecule has 4 heteroatoms. The molecule has 1 aromatic carbocycles. The molecule has 0 atom stereocenters. The van der Waals surface area contributed by atoms with Crippen molar-refractivity contribution in [2.24, 2.45) is 0 Å². The van der Waals surface area contributed by atoms with E-state index in [4.69, 9.17) is 16.4 Å². The van der Waals surface area contributed by atoms with Gasteiger partial charge in [0.05, 0.1) is 19.0 Å². The summed E-state index contributed by atoms with van der Waals surface area (Å²) in [6.07, 6.45) is 5.36. The van der Waals surface area contributed by atoms with Crippen LogP contribution in [0, 0.1) is 23.7 Å². The van der Waals surface area contributed by atoms with Crippen LogP contribution in [0.4, 0.5) is 0 Å². The summed E-state index contributed by atoms with van der Waals surface area (Å²) in [5.74, 6) is 2.63. The Morgan fingerprint density at radius 2 is 2.12 bits per heavy atom. The second-order valence-corrected chi connectivity index (χ2v) is 3.25. The number of ether oxygens (including phenoxy) is 1. The van der Waals surface area contributed by atoms with Crippen LogP contribution in [0.1, 0.15) is 5.56 Å². The topological polar surface area (TPSA) is 62.1 Å². The minimum atomic E-state index is -0.260. The number of carbonyl (C=O) groups excluding carboxylic acids is 1. The number of nitrogens with one attached hydrogen (secondary N) is 1. The molecule has 0 spiro atoms. The summed E-state index contributed by atoms with van der Waals surface area (Å²) in [5, 5.41) is 11.0. The Balaban J connectivity index is 2.40. The third-order valence-corrected chi connectivity index (χ3v) is 1.96. The van der Waals surface area contributed by atoms with Crippen LogP contribution < -0.4 is 10.1 Å². The number of hydrogen-bond acceptors (Lipinski definition) is 3. The van der Waals surface area contributed by atoms with E-state index in [1.807, 2.05) is 0 Å². The van der Waals surface area contributed by atoms with Crippen LogP contribution in [0.15, 0.2) is 24.3 Å². The van der Waals surface area contributed by atoms with E-state index in [2.05, 4.69) is 17.3 Å². The average Bonchev–Trinajstić information content (AvgIpc) is 2.36. The van der Waals surface area contributed by atoms with Crippen LogP contribution in [0.25, 0.3) is 0 Å². The first-order chi connectivity index (χ1) is 8.26. The molecule has 0 saturated carbocycles. The molecule has 0 heterocycles. The third kappa shape index (κ3) is 4.72. The lowest BCUT2D eigenvalue weighted by Crippen LogP contribution is -2.28. The van der Waals surface area contributed by atoms with Crippen molar-refractivity contribution in [3.8, 4) is 24.2 Å². The molecule has 0 saturated heterocycles. The van der Waals surface area contributed by atoms with Crippen molar-refractivity contribution in [1.82, 2.24) is 5.32 Å². The fraction of sp³-hybridized carbons (Fsp3) is 0.231. The molecule has 0 aliphatic rings. The predicted molar refractivity (Wildman–Crippen MR) is 63.1 cm³/mol. The monoisotopic (exact) mass is 228 g/mol. The van der Waals surface area contributed by atoms with Crippen molar-refractivity contribution >= 4 is 5.91 Å². The second kappa shape index (κ2) is 6.92. The molecule has 17 heavy (non-hydrogen) atoms. The number of rotatable bonds is 5. The van der Waals surface area contributed by atoms with Crippen molar-refractivity contribution < 1.29 is 9.53 Å². The fourth-order valence-electron chi connectivity index (χ4n) is 1.14. The zero-order valence-electron chi connectivity index (χ0n) is 9.27. The summed E-state index contributed by atoms with van der Waals surface area (Å²) in [6.45, 7) is 0.128. The summed E-state index contributed by atoms with van der Waals surface area (Å²) < 4.78 is 5.23. The first-order valence-corrected chi connectivity index (χ1v) is 5.05. The van der Waals surface area contributed by atoms with Gasteiger partial charge in [0.15, 0.2) is 6.61 Å². The predicted octanol–water partition coefficient (Wildman–Crippen LogP) is 0.881. The van der Waals surface area contributed by atoms with Crippen LogP contribution in [0.5, 0.6) is 5.75 Å². The van der Waals surface area contributed by atoms with Gasteiger partial charge in [-0.2, -0.15) is 5.26 Å². The number of benzene rings is 1. The zero-order valence-corrected chi connectivity index (χ0v) is 9.27. The Kier molecular flexibility index (Phi) is 5.13. The van der Waals surface area contributed by atoms with Gasteiger partial charge in [-0.1, -0.05) is 18.1 Å². The standard InChI is InChI=1S/C13H12N2O2/c1-2-9-15-13(16)10-17-12-5-3-11(4-6-12)7-8-14/h1,3-6H,7,9-10H2,(H,15,16).